The number of hydrogen-bond acceptors (Lipinski definition) is 3. The highest BCUT2D eigenvalue weighted by Gasteiger charge is 2.27. The van der Waals surface area contributed by atoms with Crippen LogP contribution in [-0.4, -0.2) is 11.0 Å². The predicted octanol–water partition coefficient (Wildman–Crippen LogP) is 4.43. The van der Waals surface area contributed by atoms with Crippen LogP contribution >= 0.6 is 11.3 Å². The van der Waals surface area contributed by atoms with E-state index >= 15 is 0 Å². The molecule has 0 amide bonds. The van der Waals surface area contributed by atoms with Gasteiger partial charge in [0.25, 0.3) is 0 Å². The lowest BCUT2D eigenvalue weighted by Crippen LogP contribution is -2.31. The molecule has 0 bridgehead atoms. The van der Waals surface area contributed by atoms with Gasteiger partial charge in [0.15, 0.2) is 0 Å². The summed E-state index contributed by atoms with van der Waals surface area (Å²) in [6, 6.07) is 10.6. The molecule has 1 heterocycles. The van der Waals surface area contributed by atoms with Gasteiger partial charge in [0.05, 0.1) is 10.7 Å². The van der Waals surface area contributed by atoms with E-state index in [1.54, 1.807) is 11.3 Å². The van der Waals surface area contributed by atoms with E-state index in [0.717, 1.165) is 25.0 Å². The summed E-state index contributed by atoms with van der Waals surface area (Å²) in [4.78, 5) is 4.78. The highest BCUT2D eigenvalue weighted by Crippen LogP contribution is 2.36. The first kappa shape index (κ1) is 14.5. The Morgan fingerprint density at radius 1 is 1.29 bits per heavy atom. The Labute approximate surface area is 130 Å². The lowest BCUT2D eigenvalue weighted by Gasteiger charge is -2.33. The standard InChI is InChI=1S/C18H22N2S/c1-18(2)10-13(8-15(19)11-18)9-17-20-16(12-21-17)14-6-4-3-5-7-14/h3-8,12,15H,9-11,19H2,1-2H3. The number of aromatic nitrogens is 1. The number of nitrogens with zero attached hydrogens (tertiary/aromatic N) is 1. The number of benzene rings is 1. The Bertz CT molecular complexity index is 640. The van der Waals surface area contributed by atoms with Gasteiger partial charge in [0.2, 0.25) is 0 Å². The van der Waals surface area contributed by atoms with Gasteiger partial charge >= 0.3 is 0 Å². The molecule has 0 radical (unpaired) electrons. The number of allylic oxidation sites excluding steroid dienone is 1. The molecule has 110 valence electrons. The van der Waals surface area contributed by atoms with Crippen LogP contribution < -0.4 is 5.73 Å². The van der Waals surface area contributed by atoms with Gasteiger partial charge in [-0.2, -0.15) is 0 Å². The minimum Gasteiger partial charge on any atom is -0.324 e. The van der Waals surface area contributed by atoms with Crippen molar-refractivity contribution in [1.29, 1.82) is 0 Å². The average Bonchev–Trinajstić information content (AvgIpc) is 2.86. The molecule has 1 aliphatic rings. The smallest absolute Gasteiger partial charge is 0.0973 e. The topological polar surface area (TPSA) is 38.9 Å². The highest BCUT2D eigenvalue weighted by atomic mass is 32.1. The predicted molar refractivity (Wildman–Crippen MR) is 90.3 cm³/mol. The summed E-state index contributed by atoms with van der Waals surface area (Å²) in [5, 5.41) is 3.34. The first-order valence-electron chi connectivity index (χ1n) is 7.47. The molecule has 3 heteroatoms. The number of hydrogen-bond donors (Lipinski definition) is 1. The van der Waals surface area contributed by atoms with Crippen LogP contribution in [0.4, 0.5) is 0 Å². The Morgan fingerprint density at radius 3 is 2.76 bits per heavy atom. The quantitative estimate of drug-likeness (QED) is 0.852. The molecular formula is C18H22N2S. The fourth-order valence-corrected chi connectivity index (χ4v) is 4.05. The fourth-order valence-electron chi connectivity index (χ4n) is 3.19. The zero-order chi connectivity index (χ0) is 14.9. The van der Waals surface area contributed by atoms with Crippen LogP contribution in [0.2, 0.25) is 0 Å². The molecule has 0 fully saturated rings. The SMILES string of the molecule is CC1(C)CC(Cc2nc(-c3ccccc3)cs2)=CC(N)C1. The van der Waals surface area contributed by atoms with Gasteiger partial charge in [-0.3, -0.25) is 0 Å². The maximum absolute atomic E-state index is 6.16. The lowest BCUT2D eigenvalue weighted by molar-refractivity contribution is 0.299. The van der Waals surface area contributed by atoms with Crippen LogP contribution in [0.3, 0.4) is 0 Å². The Hall–Kier alpha value is -1.45. The summed E-state index contributed by atoms with van der Waals surface area (Å²) < 4.78 is 0. The summed E-state index contributed by atoms with van der Waals surface area (Å²) in [6.45, 7) is 4.61. The third-order valence-electron chi connectivity index (χ3n) is 3.94. The summed E-state index contributed by atoms with van der Waals surface area (Å²) >= 11 is 1.75. The van der Waals surface area contributed by atoms with Crippen molar-refractivity contribution >= 4 is 11.3 Å². The van der Waals surface area contributed by atoms with Crippen molar-refractivity contribution in [2.24, 2.45) is 11.1 Å². The molecule has 0 saturated heterocycles. The van der Waals surface area contributed by atoms with E-state index in [9.17, 15) is 0 Å². The summed E-state index contributed by atoms with van der Waals surface area (Å²) in [5.41, 5.74) is 10.2. The third-order valence-corrected chi connectivity index (χ3v) is 4.79. The normalized spacial score (nSPS) is 21.1. The second-order valence-electron chi connectivity index (χ2n) is 6.70. The second-order valence-corrected chi connectivity index (χ2v) is 7.65. The van der Waals surface area contributed by atoms with Crippen LogP contribution in [0.5, 0.6) is 0 Å². The van der Waals surface area contributed by atoms with Crippen molar-refractivity contribution < 1.29 is 0 Å². The van der Waals surface area contributed by atoms with E-state index in [2.05, 4.69) is 49.6 Å². The van der Waals surface area contributed by atoms with Gasteiger partial charge in [0.1, 0.15) is 0 Å². The van der Waals surface area contributed by atoms with Crippen molar-refractivity contribution in [2.45, 2.75) is 39.2 Å². The molecule has 1 unspecified atom stereocenters. The summed E-state index contributed by atoms with van der Waals surface area (Å²) in [6.07, 6.45) is 5.38. The Balaban J connectivity index is 1.76. The molecule has 21 heavy (non-hydrogen) atoms. The maximum atomic E-state index is 6.16. The maximum Gasteiger partial charge on any atom is 0.0973 e. The van der Waals surface area contributed by atoms with Gasteiger partial charge < -0.3 is 5.73 Å². The van der Waals surface area contributed by atoms with Crippen LogP contribution in [0.1, 0.15) is 31.7 Å². The Kier molecular flexibility index (Phi) is 3.96. The number of thiazole rings is 1. The van der Waals surface area contributed by atoms with Crippen LogP contribution in [0.15, 0.2) is 47.4 Å². The van der Waals surface area contributed by atoms with E-state index < -0.39 is 0 Å². The summed E-state index contributed by atoms with van der Waals surface area (Å²) in [5.74, 6) is 0. The van der Waals surface area contributed by atoms with E-state index in [4.69, 9.17) is 10.7 Å². The molecule has 2 aromatic rings. The Morgan fingerprint density at radius 2 is 2.05 bits per heavy atom. The molecule has 1 atom stereocenters. The fraction of sp³-hybridized carbons (Fsp3) is 0.389. The van der Waals surface area contributed by atoms with E-state index in [0.29, 0.717) is 5.41 Å². The largest absolute Gasteiger partial charge is 0.324 e. The van der Waals surface area contributed by atoms with Crippen LogP contribution in [0.25, 0.3) is 11.3 Å². The monoisotopic (exact) mass is 298 g/mol. The molecule has 1 aromatic carbocycles. The van der Waals surface area contributed by atoms with Gasteiger partial charge in [-0.1, -0.05) is 55.8 Å². The van der Waals surface area contributed by atoms with E-state index in [1.807, 2.05) is 6.07 Å². The van der Waals surface area contributed by atoms with Crippen molar-refractivity contribution in [3.8, 4) is 11.3 Å². The van der Waals surface area contributed by atoms with Gasteiger partial charge in [-0.05, 0) is 18.3 Å². The van der Waals surface area contributed by atoms with Crippen LogP contribution in [-0.2, 0) is 6.42 Å². The summed E-state index contributed by atoms with van der Waals surface area (Å²) in [7, 11) is 0. The number of rotatable bonds is 3. The van der Waals surface area contributed by atoms with E-state index in [1.165, 1.54) is 16.1 Å². The molecule has 0 aliphatic heterocycles. The van der Waals surface area contributed by atoms with Crippen LogP contribution in [0, 0.1) is 5.41 Å². The highest BCUT2D eigenvalue weighted by molar-refractivity contribution is 7.10. The second kappa shape index (κ2) is 5.74. The lowest BCUT2D eigenvalue weighted by atomic mass is 9.75. The molecule has 3 rings (SSSR count). The van der Waals surface area contributed by atoms with Gasteiger partial charge in [-0.25, -0.2) is 4.98 Å². The average molecular weight is 298 g/mol. The minimum atomic E-state index is 0.192. The van der Waals surface area contributed by atoms with E-state index in [-0.39, 0.29) is 6.04 Å². The molecule has 2 nitrogen and oxygen atoms in total. The van der Waals surface area contributed by atoms with Crippen molar-refractivity contribution in [3.05, 3.63) is 52.4 Å². The first-order valence-corrected chi connectivity index (χ1v) is 8.35. The number of nitrogens with two attached hydrogens (primary N) is 1. The molecule has 1 aliphatic carbocycles. The molecular weight excluding hydrogens is 276 g/mol. The van der Waals surface area contributed by atoms with Gasteiger partial charge in [-0.15, -0.1) is 11.3 Å². The molecule has 2 N–H and O–H groups in total. The zero-order valence-corrected chi connectivity index (χ0v) is 13.5. The minimum absolute atomic E-state index is 0.192. The third kappa shape index (κ3) is 3.60. The molecule has 0 spiro atoms. The van der Waals surface area contributed by atoms with Crippen molar-refractivity contribution in [3.63, 3.8) is 0 Å². The molecule has 1 aromatic heterocycles. The first-order chi connectivity index (χ1) is 10.0. The zero-order valence-electron chi connectivity index (χ0n) is 12.7. The molecule has 0 saturated carbocycles. The van der Waals surface area contributed by atoms with Crippen molar-refractivity contribution in [2.75, 3.05) is 0 Å². The van der Waals surface area contributed by atoms with Crippen molar-refractivity contribution in [1.82, 2.24) is 4.98 Å². The van der Waals surface area contributed by atoms with Gasteiger partial charge in [0, 0.05) is 23.4 Å².